The van der Waals surface area contributed by atoms with Gasteiger partial charge >= 0.3 is 0 Å². The van der Waals surface area contributed by atoms with Gasteiger partial charge in [-0.15, -0.1) is 0 Å². The molecule has 6 aliphatic rings. The SMILES string of the molecule is O=C(CCCCCN1C=CC2=C3c4sc5ccc(Cl)cc5[n+]4CCC3Oc3cccc1c32)NCCOCCOCCNC(=O)CCCCCN1C=CC2=C3c4sc5ccc(Cl)cc5[n+]4CCC3Oc3cccc1c32. The van der Waals surface area contributed by atoms with E-state index in [1.54, 1.807) is 0 Å². The van der Waals surface area contributed by atoms with Gasteiger partial charge in [-0.2, -0.15) is 9.13 Å². The minimum Gasteiger partial charge on any atom is -0.484 e. The van der Waals surface area contributed by atoms with Gasteiger partial charge in [-0.3, -0.25) is 9.59 Å². The highest BCUT2D eigenvalue weighted by Crippen LogP contribution is 2.52. The molecular weight excluding hydrogens is 1010 g/mol. The molecular formula is C58H60Cl2N6O6S2+2. The van der Waals surface area contributed by atoms with Crippen molar-refractivity contribution >= 4 is 112 Å². The summed E-state index contributed by atoms with van der Waals surface area (Å²) in [6.07, 6.45) is 17.3. The van der Waals surface area contributed by atoms with Crippen LogP contribution in [-0.2, 0) is 32.2 Å². The first kappa shape index (κ1) is 49.2. The van der Waals surface area contributed by atoms with Gasteiger partial charge in [0, 0.05) is 109 Å². The molecule has 8 heterocycles. The van der Waals surface area contributed by atoms with Crippen LogP contribution in [0, 0.1) is 0 Å². The molecule has 0 aliphatic carbocycles. The molecule has 74 heavy (non-hydrogen) atoms. The Bertz CT molecular complexity index is 3070. The summed E-state index contributed by atoms with van der Waals surface area (Å²) in [5.74, 6) is 1.99. The smallest absolute Gasteiger partial charge is 0.270 e. The number of thiazole rings is 2. The van der Waals surface area contributed by atoms with E-state index in [0.717, 1.165) is 99.1 Å². The average molecular weight is 1070 g/mol. The lowest BCUT2D eigenvalue weighted by Gasteiger charge is -2.36. The van der Waals surface area contributed by atoms with Crippen LogP contribution in [0.4, 0.5) is 11.4 Å². The Morgan fingerprint density at radius 1 is 0.608 bits per heavy atom. The third-order valence-electron chi connectivity index (χ3n) is 14.9. The van der Waals surface area contributed by atoms with Crippen LogP contribution < -0.4 is 39.0 Å². The largest absolute Gasteiger partial charge is 0.484 e. The number of carbonyl (C=O) groups is 2. The number of benzene rings is 4. The number of amides is 2. The number of nitrogens with zero attached hydrogens (tertiary/aromatic N) is 4. The van der Waals surface area contributed by atoms with Gasteiger partial charge in [0.25, 0.3) is 10.0 Å². The number of fused-ring (bicyclic) bond motifs is 10. The van der Waals surface area contributed by atoms with Crippen molar-refractivity contribution in [3.8, 4) is 11.5 Å². The number of anilines is 2. The van der Waals surface area contributed by atoms with Crippen molar-refractivity contribution in [2.75, 3.05) is 62.4 Å². The van der Waals surface area contributed by atoms with Crippen LogP contribution in [0.15, 0.2) is 97.3 Å². The highest BCUT2D eigenvalue weighted by Gasteiger charge is 2.44. The Morgan fingerprint density at radius 3 is 1.55 bits per heavy atom. The lowest BCUT2D eigenvalue weighted by Crippen LogP contribution is -2.45. The number of halogens is 2. The number of unbranched alkanes of at least 4 members (excludes halogenated alkanes) is 4. The molecule has 2 aromatic heterocycles. The van der Waals surface area contributed by atoms with Crippen molar-refractivity contribution in [1.82, 2.24) is 10.6 Å². The van der Waals surface area contributed by atoms with Crippen molar-refractivity contribution < 1.29 is 37.7 Å². The van der Waals surface area contributed by atoms with Gasteiger partial charge in [-0.1, -0.05) is 70.8 Å². The molecule has 12 rings (SSSR count). The lowest BCUT2D eigenvalue weighted by molar-refractivity contribution is -0.674. The number of hydrogen-bond acceptors (Lipinski definition) is 10. The summed E-state index contributed by atoms with van der Waals surface area (Å²) in [5, 5.41) is 9.98. The van der Waals surface area contributed by atoms with E-state index in [9.17, 15) is 9.59 Å². The minimum absolute atomic E-state index is 0.0295. The Morgan fingerprint density at radius 2 is 1.08 bits per heavy atom. The van der Waals surface area contributed by atoms with Crippen LogP contribution in [0.1, 0.15) is 85.4 Å². The summed E-state index contributed by atoms with van der Waals surface area (Å²) < 4.78 is 32.0. The van der Waals surface area contributed by atoms with Gasteiger partial charge in [-0.05, 0) is 86.4 Å². The second-order valence-electron chi connectivity index (χ2n) is 19.7. The van der Waals surface area contributed by atoms with Gasteiger partial charge < -0.3 is 39.4 Å². The molecule has 2 amide bonds. The quantitative estimate of drug-likeness (QED) is 0.0542. The summed E-state index contributed by atoms with van der Waals surface area (Å²) in [7, 11) is 0. The Hall–Kier alpha value is -5.74. The monoisotopic (exact) mass is 1070 g/mol. The second kappa shape index (κ2) is 21.8. The molecule has 6 aromatic rings. The van der Waals surface area contributed by atoms with Crippen molar-refractivity contribution in [3.05, 3.63) is 129 Å². The van der Waals surface area contributed by atoms with E-state index < -0.39 is 0 Å². The van der Waals surface area contributed by atoms with Crippen molar-refractivity contribution in [2.24, 2.45) is 0 Å². The predicted octanol–water partition coefficient (Wildman–Crippen LogP) is 10.9. The molecule has 0 spiro atoms. The first-order valence-electron chi connectivity index (χ1n) is 26.3. The number of aromatic nitrogens is 2. The molecule has 16 heteroatoms. The zero-order valence-electron chi connectivity index (χ0n) is 41.3. The van der Waals surface area contributed by atoms with Gasteiger partial charge in [0.15, 0.2) is 13.1 Å². The van der Waals surface area contributed by atoms with Crippen LogP contribution in [0.5, 0.6) is 11.5 Å². The summed E-state index contributed by atoms with van der Waals surface area (Å²) in [6, 6.07) is 25.1. The van der Waals surface area contributed by atoms with E-state index in [1.165, 1.54) is 75.2 Å². The Labute approximate surface area is 449 Å². The molecule has 0 fully saturated rings. The normalized spacial score (nSPS) is 17.6. The van der Waals surface area contributed by atoms with Crippen LogP contribution in [0.2, 0.25) is 10.0 Å². The molecule has 2 unspecified atom stereocenters. The molecule has 0 saturated heterocycles. The van der Waals surface area contributed by atoms with Gasteiger partial charge in [0.1, 0.15) is 33.1 Å². The number of hydrogen-bond donors (Lipinski definition) is 2. The Kier molecular flexibility index (Phi) is 14.5. The standard InChI is InChI=1S/C58H58Cl2N6O6S2/c59-37-15-17-49-43(35-37)65-29-21-47-55(57(65)73-49)39-19-27-63(41-9-7-11-45(71-47)53(39)41)25-5-1-3-13-51(67)61-23-31-69-33-34-70-32-24-62-52(68)14-4-2-6-26-64-28-20-40-54-42(64)10-8-12-46(54)72-48-22-30-66-44-36-38(60)16-18-50(44)74-58(66)56(40)48/h7-12,15-20,27-28,35-36,47-48H,1-6,13-14,21-26,29-34H2/p+2. The second-order valence-corrected chi connectivity index (χ2v) is 22.6. The fraction of sp³-hybridized carbons (Fsp3) is 0.379. The number of aryl methyl sites for hydroxylation is 2. The third-order valence-corrected chi connectivity index (χ3v) is 17.8. The molecule has 0 saturated carbocycles. The van der Waals surface area contributed by atoms with E-state index >= 15 is 0 Å². The van der Waals surface area contributed by atoms with E-state index in [0.29, 0.717) is 52.4 Å². The van der Waals surface area contributed by atoms with Gasteiger partial charge in [-0.25, -0.2) is 0 Å². The summed E-state index contributed by atoms with van der Waals surface area (Å²) in [4.78, 5) is 29.8. The van der Waals surface area contributed by atoms with Crippen LogP contribution in [-0.4, -0.2) is 76.6 Å². The topological polar surface area (TPSA) is 109 Å². The maximum absolute atomic E-state index is 12.6. The van der Waals surface area contributed by atoms with E-state index in [2.05, 4.69) is 115 Å². The van der Waals surface area contributed by atoms with E-state index in [1.807, 2.05) is 34.8 Å². The zero-order chi connectivity index (χ0) is 50.1. The van der Waals surface area contributed by atoms with Crippen molar-refractivity contribution in [1.29, 1.82) is 0 Å². The van der Waals surface area contributed by atoms with E-state index in [4.69, 9.17) is 42.1 Å². The molecule has 0 bridgehead atoms. The molecule has 2 N–H and O–H groups in total. The van der Waals surface area contributed by atoms with Gasteiger partial charge in [0.05, 0.1) is 48.9 Å². The fourth-order valence-corrected chi connectivity index (χ4v) is 14.3. The third kappa shape index (κ3) is 9.85. The number of allylic oxidation sites excluding steroid dienone is 4. The number of carbonyl (C=O) groups excluding carboxylic acids is 2. The van der Waals surface area contributed by atoms with Crippen LogP contribution >= 0.6 is 45.9 Å². The maximum atomic E-state index is 12.6. The fourth-order valence-electron chi connectivity index (χ4n) is 11.4. The van der Waals surface area contributed by atoms with Crippen molar-refractivity contribution in [3.63, 3.8) is 0 Å². The molecule has 6 aliphatic heterocycles. The van der Waals surface area contributed by atoms with Crippen LogP contribution in [0.3, 0.4) is 0 Å². The average Bonchev–Trinajstić information content (AvgIpc) is 3.98. The highest BCUT2D eigenvalue weighted by molar-refractivity contribution is 7.19. The van der Waals surface area contributed by atoms with Gasteiger partial charge in [0.2, 0.25) is 22.8 Å². The highest BCUT2D eigenvalue weighted by atomic mass is 35.5. The Balaban J connectivity index is 0.500. The van der Waals surface area contributed by atoms with Crippen LogP contribution in [0.25, 0.3) is 42.7 Å². The van der Waals surface area contributed by atoms with E-state index in [-0.39, 0.29) is 24.0 Å². The first-order chi connectivity index (χ1) is 36.4. The maximum Gasteiger partial charge on any atom is 0.270 e. The molecule has 12 nitrogen and oxygen atoms in total. The molecule has 382 valence electrons. The summed E-state index contributed by atoms with van der Waals surface area (Å²) >= 11 is 16.4. The summed E-state index contributed by atoms with van der Waals surface area (Å²) in [6.45, 7) is 6.16. The zero-order valence-corrected chi connectivity index (χ0v) is 44.5. The molecule has 2 atom stereocenters. The molecule has 4 aromatic carbocycles. The first-order valence-corrected chi connectivity index (χ1v) is 28.7. The molecule has 0 radical (unpaired) electrons. The summed E-state index contributed by atoms with van der Waals surface area (Å²) in [5.41, 5.74) is 12.1. The number of nitrogens with one attached hydrogen (secondary N) is 2. The lowest BCUT2D eigenvalue weighted by atomic mass is 9.87. The number of ether oxygens (including phenoxy) is 4. The van der Waals surface area contributed by atoms with Crippen molar-refractivity contribution in [2.45, 2.75) is 89.5 Å². The minimum atomic E-state index is 0.0295. The number of rotatable bonds is 21. The predicted molar refractivity (Wildman–Crippen MR) is 296 cm³/mol.